The van der Waals surface area contributed by atoms with Crippen LogP contribution in [0.1, 0.15) is 15.9 Å². The van der Waals surface area contributed by atoms with Crippen molar-refractivity contribution in [3.05, 3.63) is 53.6 Å². The van der Waals surface area contributed by atoms with Gasteiger partial charge in [0.05, 0.1) is 5.56 Å². The first kappa shape index (κ1) is 11.2. The molecule has 1 amide bonds. The van der Waals surface area contributed by atoms with Crippen molar-refractivity contribution in [1.82, 2.24) is 0 Å². The van der Waals surface area contributed by atoms with Crippen LogP contribution in [-0.4, -0.2) is 11.0 Å². The van der Waals surface area contributed by atoms with Crippen molar-refractivity contribution in [2.24, 2.45) is 5.73 Å². The van der Waals surface area contributed by atoms with Gasteiger partial charge in [-0.05, 0) is 35.7 Å². The van der Waals surface area contributed by atoms with Gasteiger partial charge in [-0.1, -0.05) is 30.3 Å². The molecule has 0 aliphatic carbocycles. The van der Waals surface area contributed by atoms with E-state index in [1.54, 1.807) is 12.1 Å². The van der Waals surface area contributed by atoms with E-state index in [1.807, 2.05) is 31.2 Å². The molecule has 0 fully saturated rings. The molecule has 0 aliphatic rings. The van der Waals surface area contributed by atoms with Crippen molar-refractivity contribution in [2.75, 3.05) is 0 Å². The third kappa shape index (κ3) is 2.13. The van der Waals surface area contributed by atoms with E-state index in [0.717, 1.165) is 16.7 Å². The topological polar surface area (TPSA) is 63.3 Å². The molecule has 0 atom stereocenters. The maximum Gasteiger partial charge on any atom is 0.252 e. The molecule has 3 heteroatoms. The zero-order chi connectivity index (χ0) is 12.4. The number of phenols is 1. The summed E-state index contributed by atoms with van der Waals surface area (Å²) in [6, 6.07) is 12.7. The number of nitrogens with two attached hydrogens (primary N) is 1. The summed E-state index contributed by atoms with van der Waals surface area (Å²) >= 11 is 0. The Labute approximate surface area is 99.5 Å². The van der Waals surface area contributed by atoms with Crippen molar-refractivity contribution in [2.45, 2.75) is 6.92 Å². The lowest BCUT2D eigenvalue weighted by Crippen LogP contribution is -2.11. The van der Waals surface area contributed by atoms with Gasteiger partial charge in [-0.2, -0.15) is 0 Å². The third-order valence-corrected chi connectivity index (χ3v) is 2.72. The normalized spacial score (nSPS) is 10.2. The van der Waals surface area contributed by atoms with E-state index in [4.69, 9.17) is 5.73 Å². The Balaban J connectivity index is 2.58. The third-order valence-electron chi connectivity index (χ3n) is 2.72. The molecule has 0 bridgehead atoms. The van der Waals surface area contributed by atoms with Gasteiger partial charge in [-0.15, -0.1) is 0 Å². The summed E-state index contributed by atoms with van der Waals surface area (Å²) in [6.45, 7) is 1.99. The highest BCUT2D eigenvalue weighted by molar-refractivity contribution is 5.97. The van der Waals surface area contributed by atoms with Crippen molar-refractivity contribution in [3.63, 3.8) is 0 Å². The van der Waals surface area contributed by atoms with E-state index >= 15 is 0 Å². The standard InChI is InChI=1S/C14H13NO2/c1-9-4-2-3-5-11(9)10-6-7-13(16)12(8-10)14(15)17/h2-8,16H,1H3,(H2,15,17). The molecule has 2 rings (SSSR count). The molecular formula is C14H13NO2. The van der Waals surface area contributed by atoms with Crippen molar-refractivity contribution in [3.8, 4) is 16.9 Å². The number of carbonyl (C=O) groups excluding carboxylic acids is 1. The number of rotatable bonds is 2. The van der Waals surface area contributed by atoms with E-state index in [9.17, 15) is 9.90 Å². The first-order valence-electron chi connectivity index (χ1n) is 5.28. The SMILES string of the molecule is Cc1ccccc1-c1ccc(O)c(C(N)=O)c1. The minimum absolute atomic E-state index is 0.0881. The number of amides is 1. The fraction of sp³-hybridized carbons (Fsp3) is 0.0714. The van der Waals surface area contributed by atoms with Crippen LogP contribution in [0.25, 0.3) is 11.1 Å². The predicted molar refractivity (Wildman–Crippen MR) is 66.8 cm³/mol. The van der Waals surface area contributed by atoms with Crippen molar-refractivity contribution < 1.29 is 9.90 Å². The highest BCUT2D eigenvalue weighted by atomic mass is 16.3. The Hall–Kier alpha value is -2.29. The summed E-state index contributed by atoms with van der Waals surface area (Å²) in [5.41, 5.74) is 8.34. The molecule has 2 aromatic carbocycles. The number of hydrogen-bond acceptors (Lipinski definition) is 2. The van der Waals surface area contributed by atoms with Crippen LogP contribution < -0.4 is 5.73 Å². The maximum atomic E-state index is 11.2. The lowest BCUT2D eigenvalue weighted by atomic mass is 9.98. The van der Waals surface area contributed by atoms with E-state index in [-0.39, 0.29) is 11.3 Å². The smallest absolute Gasteiger partial charge is 0.252 e. The highest BCUT2D eigenvalue weighted by Crippen LogP contribution is 2.27. The predicted octanol–water partition coefficient (Wildman–Crippen LogP) is 2.47. The molecule has 0 aliphatic heterocycles. The molecule has 0 radical (unpaired) electrons. The van der Waals surface area contributed by atoms with Gasteiger partial charge >= 0.3 is 0 Å². The second-order valence-electron chi connectivity index (χ2n) is 3.91. The number of aryl methyl sites for hydroxylation is 1. The molecule has 0 heterocycles. The molecule has 86 valence electrons. The Bertz CT molecular complexity index is 576. The van der Waals surface area contributed by atoms with Crippen LogP contribution in [0.4, 0.5) is 0 Å². The van der Waals surface area contributed by atoms with Crippen LogP contribution in [0.5, 0.6) is 5.75 Å². The lowest BCUT2D eigenvalue weighted by molar-refractivity contribution is 0.0998. The Morgan fingerprint density at radius 3 is 2.53 bits per heavy atom. The van der Waals surface area contributed by atoms with E-state index in [2.05, 4.69) is 0 Å². The van der Waals surface area contributed by atoms with Crippen molar-refractivity contribution >= 4 is 5.91 Å². The van der Waals surface area contributed by atoms with E-state index < -0.39 is 5.91 Å². The quantitative estimate of drug-likeness (QED) is 0.827. The maximum absolute atomic E-state index is 11.2. The minimum Gasteiger partial charge on any atom is -0.507 e. The average Bonchev–Trinajstić information content (AvgIpc) is 2.30. The molecule has 3 N–H and O–H groups in total. The van der Waals surface area contributed by atoms with Gasteiger partial charge in [0.1, 0.15) is 5.75 Å². The van der Waals surface area contributed by atoms with Crippen LogP contribution in [-0.2, 0) is 0 Å². The Morgan fingerprint density at radius 2 is 1.88 bits per heavy atom. The second-order valence-corrected chi connectivity index (χ2v) is 3.91. The van der Waals surface area contributed by atoms with Gasteiger partial charge in [0.15, 0.2) is 0 Å². The molecule has 3 nitrogen and oxygen atoms in total. The fourth-order valence-electron chi connectivity index (χ4n) is 1.80. The van der Waals surface area contributed by atoms with Gasteiger partial charge in [0.25, 0.3) is 5.91 Å². The molecule has 17 heavy (non-hydrogen) atoms. The van der Waals surface area contributed by atoms with Crippen LogP contribution >= 0.6 is 0 Å². The summed E-state index contributed by atoms with van der Waals surface area (Å²) in [5.74, 6) is -0.715. The second kappa shape index (κ2) is 4.29. The molecule has 2 aromatic rings. The molecule has 0 saturated carbocycles. The molecular weight excluding hydrogens is 214 g/mol. The van der Waals surface area contributed by atoms with Gasteiger partial charge in [0, 0.05) is 0 Å². The summed E-state index contributed by atoms with van der Waals surface area (Å²) < 4.78 is 0. The Morgan fingerprint density at radius 1 is 1.18 bits per heavy atom. The number of aromatic hydroxyl groups is 1. The zero-order valence-electron chi connectivity index (χ0n) is 9.47. The summed E-state index contributed by atoms with van der Waals surface area (Å²) in [6.07, 6.45) is 0. The van der Waals surface area contributed by atoms with Crippen LogP contribution in [0.3, 0.4) is 0 Å². The first-order valence-corrected chi connectivity index (χ1v) is 5.28. The molecule has 0 aromatic heterocycles. The average molecular weight is 227 g/mol. The summed E-state index contributed by atoms with van der Waals surface area (Å²) in [7, 11) is 0. The summed E-state index contributed by atoms with van der Waals surface area (Å²) in [4.78, 5) is 11.2. The van der Waals surface area contributed by atoms with Crippen LogP contribution in [0.15, 0.2) is 42.5 Å². The molecule has 0 spiro atoms. The van der Waals surface area contributed by atoms with Crippen LogP contribution in [0, 0.1) is 6.92 Å². The number of hydrogen-bond donors (Lipinski definition) is 2. The van der Waals surface area contributed by atoms with Gasteiger partial charge in [0.2, 0.25) is 0 Å². The van der Waals surface area contributed by atoms with Gasteiger partial charge in [-0.3, -0.25) is 4.79 Å². The van der Waals surface area contributed by atoms with Gasteiger partial charge in [-0.25, -0.2) is 0 Å². The Kier molecular flexibility index (Phi) is 2.83. The summed E-state index contributed by atoms with van der Waals surface area (Å²) in [5, 5.41) is 9.52. The van der Waals surface area contributed by atoms with Gasteiger partial charge < -0.3 is 10.8 Å². The largest absolute Gasteiger partial charge is 0.507 e. The number of benzene rings is 2. The fourth-order valence-corrected chi connectivity index (χ4v) is 1.80. The highest BCUT2D eigenvalue weighted by Gasteiger charge is 2.09. The zero-order valence-corrected chi connectivity index (χ0v) is 9.47. The molecule has 0 unspecified atom stereocenters. The molecule has 0 saturated heterocycles. The minimum atomic E-state index is -0.627. The van der Waals surface area contributed by atoms with Crippen LogP contribution in [0.2, 0.25) is 0 Å². The number of primary amides is 1. The monoisotopic (exact) mass is 227 g/mol. The lowest BCUT2D eigenvalue weighted by Gasteiger charge is -2.08. The van der Waals surface area contributed by atoms with E-state index in [1.165, 1.54) is 6.07 Å². The first-order chi connectivity index (χ1) is 8.09. The number of carbonyl (C=O) groups is 1. The van der Waals surface area contributed by atoms with Crippen molar-refractivity contribution in [1.29, 1.82) is 0 Å². The van der Waals surface area contributed by atoms with E-state index in [0.29, 0.717) is 0 Å².